The van der Waals surface area contributed by atoms with Crippen LogP contribution in [0.4, 0.5) is 28.4 Å². The molecule has 8 heteroatoms. The van der Waals surface area contributed by atoms with Crippen LogP contribution >= 0.6 is 0 Å². The van der Waals surface area contributed by atoms with E-state index in [4.69, 9.17) is 11.5 Å². The van der Waals surface area contributed by atoms with Crippen molar-refractivity contribution in [2.24, 2.45) is 10.2 Å². The molecule has 2 aromatic carbocycles. The minimum absolute atomic E-state index is 0.0610. The number of para-hydroxylation sites is 1. The van der Waals surface area contributed by atoms with Crippen molar-refractivity contribution < 1.29 is 10.0 Å². The van der Waals surface area contributed by atoms with E-state index < -0.39 is 4.92 Å². The van der Waals surface area contributed by atoms with Gasteiger partial charge in [0.15, 0.2) is 0 Å². The minimum Gasteiger partial charge on any atom is -0.506 e. The molecule has 0 heterocycles. The molecule has 0 saturated heterocycles. The first kappa shape index (κ1) is 13.3. The quantitative estimate of drug-likeness (QED) is 0.341. The first-order valence-corrected chi connectivity index (χ1v) is 5.52. The Bertz CT molecular complexity index is 699. The van der Waals surface area contributed by atoms with Crippen molar-refractivity contribution in [2.75, 3.05) is 11.5 Å². The normalized spacial score (nSPS) is 10.8. The van der Waals surface area contributed by atoms with Crippen LogP contribution in [-0.4, -0.2) is 10.0 Å². The van der Waals surface area contributed by atoms with Crippen molar-refractivity contribution in [3.8, 4) is 5.75 Å². The number of nitrogens with zero attached hydrogens (tertiary/aromatic N) is 3. The summed E-state index contributed by atoms with van der Waals surface area (Å²) >= 11 is 0. The average Bonchev–Trinajstić information content (AvgIpc) is 2.39. The first-order valence-electron chi connectivity index (χ1n) is 5.52. The van der Waals surface area contributed by atoms with Crippen LogP contribution in [-0.2, 0) is 0 Å². The molecule has 0 fully saturated rings. The molecule has 0 bridgehead atoms. The summed E-state index contributed by atoms with van der Waals surface area (Å²) in [5.41, 5.74) is 11.3. The summed E-state index contributed by atoms with van der Waals surface area (Å²) in [5, 5.41) is 28.0. The molecule has 0 saturated carbocycles. The zero-order valence-corrected chi connectivity index (χ0v) is 10.2. The summed E-state index contributed by atoms with van der Waals surface area (Å²) < 4.78 is 0. The van der Waals surface area contributed by atoms with E-state index in [0.717, 1.165) is 12.1 Å². The third kappa shape index (κ3) is 2.64. The summed E-state index contributed by atoms with van der Waals surface area (Å²) in [6.07, 6.45) is 0. The molecule has 0 unspecified atom stereocenters. The molecule has 0 atom stereocenters. The second kappa shape index (κ2) is 5.22. The van der Waals surface area contributed by atoms with Crippen molar-refractivity contribution >= 4 is 28.4 Å². The number of benzene rings is 2. The summed E-state index contributed by atoms with van der Waals surface area (Å²) in [7, 11) is 0. The van der Waals surface area contributed by atoms with Gasteiger partial charge in [-0.25, -0.2) is 0 Å². The maximum atomic E-state index is 10.8. The molecule has 2 aromatic rings. The number of nitro groups is 1. The SMILES string of the molecule is Nc1ccccc1N=Nc1cc([N+](=O)[O-])c(N)cc1O. The predicted octanol–water partition coefficient (Wildman–Crippen LogP) is 2.88. The van der Waals surface area contributed by atoms with Gasteiger partial charge in [0.05, 0.1) is 10.6 Å². The van der Waals surface area contributed by atoms with Crippen LogP contribution in [0.1, 0.15) is 0 Å². The molecule has 0 aliphatic heterocycles. The van der Waals surface area contributed by atoms with E-state index in [9.17, 15) is 15.2 Å². The first-order chi connectivity index (χ1) is 9.49. The van der Waals surface area contributed by atoms with Crippen molar-refractivity contribution in [3.63, 3.8) is 0 Å². The van der Waals surface area contributed by atoms with E-state index in [0.29, 0.717) is 11.4 Å². The fraction of sp³-hybridized carbons (Fsp3) is 0. The highest BCUT2D eigenvalue weighted by Gasteiger charge is 2.15. The Balaban J connectivity index is 2.41. The van der Waals surface area contributed by atoms with Crippen LogP contribution in [0, 0.1) is 10.1 Å². The Morgan fingerprint density at radius 1 is 1.05 bits per heavy atom. The molecule has 2 rings (SSSR count). The lowest BCUT2D eigenvalue weighted by Crippen LogP contribution is -1.94. The van der Waals surface area contributed by atoms with E-state index in [1.165, 1.54) is 0 Å². The van der Waals surface area contributed by atoms with Gasteiger partial charge in [-0.1, -0.05) is 12.1 Å². The zero-order valence-electron chi connectivity index (χ0n) is 10.2. The monoisotopic (exact) mass is 273 g/mol. The molecule has 102 valence electrons. The van der Waals surface area contributed by atoms with Gasteiger partial charge in [-0.15, -0.1) is 10.2 Å². The molecule has 0 radical (unpaired) electrons. The van der Waals surface area contributed by atoms with Gasteiger partial charge < -0.3 is 16.6 Å². The summed E-state index contributed by atoms with van der Waals surface area (Å²) in [6.45, 7) is 0. The van der Waals surface area contributed by atoms with Gasteiger partial charge in [0.1, 0.15) is 22.8 Å². The van der Waals surface area contributed by atoms with Crippen molar-refractivity contribution in [1.82, 2.24) is 0 Å². The second-order valence-electron chi connectivity index (χ2n) is 3.92. The van der Waals surface area contributed by atoms with Gasteiger partial charge in [-0.3, -0.25) is 10.1 Å². The van der Waals surface area contributed by atoms with Crippen LogP contribution in [0.2, 0.25) is 0 Å². The average molecular weight is 273 g/mol. The smallest absolute Gasteiger partial charge is 0.294 e. The van der Waals surface area contributed by atoms with Crippen molar-refractivity contribution in [3.05, 3.63) is 46.5 Å². The standard InChI is InChI=1S/C12H11N5O3/c13-7-3-1-2-4-9(7)15-16-10-6-11(17(19)20)8(14)5-12(10)18/h1-6,18H,13-14H2. The number of rotatable bonds is 3. The van der Waals surface area contributed by atoms with Gasteiger partial charge in [0, 0.05) is 12.1 Å². The number of nitrogen functional groups attached to an aromatic ring is 2. The highest BCUT2D eigenvalue weighted by Crippen LogP contribution is 2.36. The number of nitro benzene ring substituents is 1. The lowest BCUT2D eigenvalue weighted by Gasteiger charge is -2.02. The molecule has 0 aliphatic rings. The number of azo groups is 1. The lowest BCUT2D eigenvalue weighted by atomic mass is 10.2. The Kier molecular flexibility index (Phi) is 3.47. The van der Waals surface area contributed by atoms with E-state index >= 15 is 0 Å². The number of anilines is 2. The van der Waals surface area contributed by atoms with E-state index in [2.05, 4.69) is 10.2 Å². The lowest BCUT2D eigenvalue weighted by molar-refractivity contribution is -0.383. The van der Waals surface area contributed by atoms with E-state index in [1.807, 2.05) is 0 Å². The molecule has 8 nitrogen and oxygen atoms in total. The third-order valence-electron chi connectivity index (χ3n) is 2.52. The molecule has 5 N–H and O–H groups in total. The number of phenolic OH excluding ortho intramolecular Hbond substituents is 1. The fourth-order valence-electron chi connectivity index (χ4n) is 1.51. The number of phenols is 1. The highest BCUT2D eigenvalue weighted by molar-refractivity contribution is 5.70. The molecular weight excluding hydrogens is 262 g/mol. The second-order valence-corrected chi connectivity index (χ2v) is 3.92. The molecule has 0 aromatic heterocycles. The molecule has 0 amide bonds. The fourth-order valence-corrected chi connectivity index (χ4v) is 1.51. The van der Waals surface area contributed by atoms with Gasteiger partial charge in [-0.2, -0.15) is 0 Å². The van der Waals surface area contributed by atoms with E-state index in [-0.39, 0.29) is 22.8 Å². The topological polar surface area (TPSA) is 140 Å². The molecular formula is C12H11N5O3. The molecule has 20 heavy (non-hydrogen) atoms. The van der Waals surface area contributed by atoms with E-state index in [1.54, 1.807) is 24.3 Å². The van der Waals surface area contributed by atoms with Crippen LogP contribution < -0.4 is 11.5 Å². The minimum atomic E-state index is -0.662. The van der Waals surface area contributed by atoms with Crippen LogP contribution in [0.15, 0.2) is 46.6 Å². The Morgan fingerprint density at radius 2 is 1.70 bits per heavy atom. The van der Waals surface area contributed by atoms with Gasteiger partial charge in [0.25, 0.3) is 5.69 Å². The van der Waals surface area contributed by atoms with Gasteiger partial charge in [0.2, 0.25) is 0 Å². The maximum Gasteiger partial charge on any atom is 0.294 e. The Hall–Kier alpha value is -3.16. The van der Waals surface area contributed by atoms with Crippen molar-refractivity contribution in [1.29, 1.82) is 0 Å². The van der Waals surface area contributed by atoms with Crippen LogP contribution in [0.3, 0.4) is 0 Å². The molecule has 0 spiro atoms. The maximum absolute atomic E-state index is 10.8. The summed E-state index contributed by atoms with van der Waals surface area (Å²) in [5.74, 6) is -0.300. The number of hydrogen-bond donors (Lipinski definition) is 3. The molecule has 0 aliphatic carbocycles. The summed E-state index contributed by atoms with van der Waals surface area (Å²) in [4.78, 5) is 10.1. The van der Waals surface area contributed by atoms with Gasteiger partial charge in [-0.05, 0) is 12.1 Å². The predicted molar refractivity (Wildman–Crippen MR) is 74.2 cm³/mol. The van der Waals surface area contributed by atoms with Crippen LogP contribution in [0.25, 0.3) is 0 Å². The number of nitrogens with two attached hydrogens (primary N) is 2. The Labute approximate surface area is 113 Å². The third-order valence-corrected chi connectivity index (χ3v) is 2.52. The van der Waals surface area contributed by atoms with Gasteiger partial charge >= 0.3 is 0 Å². The number of hydrogen-bond acceptors (Lipinski definition) is 7. The summed E-state index contributed by atoms with van der Waals surface area (Å²) in [6, 6.07) is 8.82. The Morgan fingerprint density at radius 3 is 2.35 bits per heavy atom. The van der Waals surface area contributed by atoms with Crippen molar-refractivity contribution in [2.45, 2.75) is 0 Å². The number of aromatic hydroxyl groups is 1. The van der Waals surface area contributed by atoms with Crippen LogP contribution in [0.5, 0.6) is 5.75 Å². The highest BCUT2D eigenvalue weighted by atomic mass is 16.6. The zero-order chi connectivity index (χ0) is 14.7. The largest absolute Gasteiger partial charge is 0.506 e.